The van der Waals surface area contributed by atoms with E-state index in [4.69, 9.17) is 4.42 Å². The molecule has 1 saturated carbocycles. The molecule has 2 atom stereocenters. The van der Waals surface area contributed by atoms with E-state index in [0.29, 0.717) is 6.04 Å². The first-order valence-electron chi connectivity index (χ1n) is 6.31. The number of rotatable bonds is 3. The van der Waals surface area contributed by atoms with Gasteiger partial charge in [0.25, 0.3) is 0 Å². The molecular weight excluding hydrogens is 200 g/mol. The van der Waals surface area contributed by atoms with E-state index in [1.54, 1.807) is 0 Å². The Hall–Kier alpha value is -0.830. The molecule has 0 aromatic carbocycles. The summed E-state index contributed by atoms with van der Waals surface area (Å²) < 4.78 is 5.56. The summed E-state index contributed by atoms with van der Waals surface area (Å²) in [6.07, 6.45) is 5.32. The minimum Gasteiger partial charge on any atom is -0.444 e. The molecule has 1 aliphatic carbocycles. The van der Waals surface area contributed by atoms with Crippen molar-refractivity contribution >= 4 is 0 Å². The topological polar surface area (TPSA) is 38.1 Å². The van der Waals surface area contributed by atoms with Crippen molar-refractivity contribution in [1.29, 1.82) is 0 Å². The molecule has 2 unspecified atom stereocenters. The van der Waals surface area contributed by atoms with E-state index in [9.17, 15) is 0 Å². The number of hydrogen-bond acceptors (Lipinski definition) is 3. The molecule has 1 heterocycles. The lowest BCUT2D eigenvalue weighted by molar-refractivity contribution is 0.291. The van der Waals surface area contributed by atoms with E-state index in [2.05, 4.69) is 17.2 Å². The summed E-state index contributed by atoms with van der Waals surface area (Å²) in [7, 11) is 0. The third-order valence-corrected chi connectivity index (χ3v) is 3.55. The second-order valence-corrected chi connectivity index (χ2v) is 5.10. The monoisotopic (exact) mass is 222 g/mol. The van der Waals surface area contributed by atoms with Gasteiger partial charge < -0.3 is 9.73 Å². The molecule has 90 valence electrons. The highest BCUT2D eigenvalue weighted by Crippen LogP contribution is 2.23. The molecule has 1 aromatic heterocycles. The maximum atomic E-state index is 5.56. The van der Waals surface area contributed by atoms with Gasteiger partial charge in [-0.1, -0.05) is 19.8 Å². The molecule has 0 aliphatic heterocycles. The van der Waals surface area contributed by atoms with Gasteiger partial charge in [-0.15, -0.1) is 0 Å². The van der Waals surface area contributed by atoms with E-state index in [1.807, 2.05) is 13.8 Å². The molecule has 0 spiro atoms. The zero-order chi connectivity index (χ0) is 11.5. The molecule has 1 N–H and O–H groups in total. The fourth-order valence-electron chi connectivity index (χ4n) is 2.47. The summed E-state index contributed by atoms with van der Waals surface area (Å²) in [6, 6.07) is 0.649. The van der Waals surface area contributed by atoms with Gasteiger partial charge in [0.05, 0.1) is 12.2 Å². The Kier molecular flexibility index (Phi) is 3.64. The van der Waals surface area contributed by atoms with E-state index >= 15 is 0 Å². The summed E-state index contributed by atoms with van der Waals surface area (Å²) in [5.74, 6) is 2.63. The van der Waals surface area contributed by atoms with Crippen LogP contribution in [0.1, 0.15) is 50.0 Å². The van der Waals surface area contributed by atoms with Crippen molar-refractivity contribution in [2.45, 2.75) is 59.0 Å². The predicted molar refractivity (Wildman–Crippen MR) is 64.2 cm³/mol. The third kappa shape index (κ3) is 2.85. The number of nitrogens with one attached hydrogen (secondary N) is 1. The van der Waals surface area contributed by atoms with Crippen molar-refractivity contribution in [2.75, 3.05) is 0 Å². The standard InChI is InChI=1S/C13H22N2O/c1-9-5-4-6-12(7-9)14-8-13-15-10(2)11(3)16-13/h9,12,14H,4-8H2,1-3H3. The number of oxazole rings is 1. The van der Waals surface area contributed by atoms with Crippen molar-refractivity contribution in [2.24, 2.45) is 5.92 Å². The van der Waals surface area contributed by atoms with Crippen LogP contribution in [0.25, 0.3) is 0 Å². The minimum atomic E-state index is 0.649. The van der Waals surface area contributed by atoms with Crippen molar-refractivity contribution in [3.05, 3.63) is 17.3 Å². The average molecular weight is 222 g/mol. The Labute approximate surface area is 97.6 Å². The van der Waals surface area contributed by atoms with Crippen molar-refractivity contribution < 1.29 is 4.42 Å². The average Bonchev–Trinajstić information content (AvgIpc) is 2.56. The Balaban J connectivity index is 1.82. The minimum absolute atomic E-state index is 0.649. The van der Waals surface area contributed by atoms with Crippen LogP contribution in [-0.4, -0.2) is 11.0 Å². The van der Waals surface area contributed by atoms with Crippen LogP contribution in [-0.2, 0) is 6.54 Å². The molecule has 1 aliphatic rings. The maximum Gasteiger partial charge on any atom is 0.208 e. The summed E-state index contributed by atoms with van der Waals surface area (Å²) in [5.41, 5.74) is 1.01. The summed E-state index contributed by atoms with van der Waals surface area (Å²) in [4.78, 5) is 4.38. The molecule has 0 saturated heterocycles. The third-order valence-electron chi connectivity index (χ3n) is 3.55. The number of aromatic nitrogens is 1. The summed E-state index contributed by atoms with van der Waals surface area (Å²) in [6.45, 7) is 7.07. The molecule has 1 fully saturated rings. The van der Waals surface area contributed by atoms with Crippen molar-refractivity contribution in [3.63, 3.8) is 0 Å². The molecule has 2 rings (SSSR count). The Morgan fingerprint density at radius 3 is 2.81 bits per heavy atom. The van der Waals surface area contributed by atoms with Crippen LogP contribution in [0.4, 0.5) is 0 Å². The normalized spacial score (nSPS) is 25.9. The van der Waals surface area contributed by atoms with Gasteiger partial charge in [0.15, 0.2) is 0 Å². The van der Waals surface area contributed by atoms with Gasteiger partial charge in [-0.3, -0.25) is 0 Å². The van der Waals surface area contributed by atoms with Gasteiger partial charge in [-0.05, 0) is 32.6 Å². The van der Waals surface area contributed by atoms with Crippen LogP contribution in [0.15, 0.2) is 4.42 Å². The Morgan fingerprint density at radius 2 is 2.19 bits per heavy atom. The fraction of sp³-hybridized carbons (Fsp3) is 0.769. The lowest BCUT2D eigenvalue weighted by Crippen LogP contribution is -2.33. The first-order chi connectivity index (χ1) is 7.65. The maximum absolute atomic E-state index is 5.56. The van der Waals surface area contributed by atoms with Gasteiger partial charge in [0.1, 0.15) is 5.76 Å². The van der Waals surface area contributed by atoms with E-state index in [0.717, 1.165) is 29.8 Å². The molecular formula is C13H22N2O. The highest BCUT2D eigenvalue weighted by Gasteiger charge is 2.18. The fourth-order valence-corrected chi connectivity index (χ4v) is 2.47. The van der Waals surface area contributed by atoms with E-state index < -0.39 is 0 Å². The molecule has 0 amide bonds. The first-order valence-corrected chi connectivity index (χ1v) is 6.31. The molecule has 0 radical (unpaired) electrons. The highest BCUT2D eigenvalue weighted by molar-refractivity contribution is 5.05. The number of nitrogens with zero attached hydrogens (tertiary/aromatic N) is 1. The van der Waals surface area contributed by atoms with Gasteiger partial charge >= 0.3 is 0 Å². The van der Waals surface area contributed by atoms with Crippen LogP contribution in [0, 0.1) is 19.8 Å². The SMILES string of the molecule is Cc1nc(CNC2CCCC(C)C2)oc1C. The first kappa shape index (κ1) is 11.6. The van der Waals surface area contributed by atoms with E-state index in [-0.39, 0.29) is 0 Å². The van der Waals surface area contributed by atoms with Gasteiger partial charge in [-0.2, -0.15) is 0 Å². The van der Waals surface area contributed by atoms with Crippen LogP contribution in [0.3, 0.4) is 0 Å². The quantitative estimate of drug-likeness (QED) is 0.854. The Bertz CT molecular complexity index is 326. The van der Waals surface area contributed by atoms with Crippen molar-refractivity contribution in [3.8, 4) is 0 Å². The second kappa shape index (κ2) is 5.00. The van der Waals surface area contributed by atoms with Crippen molar-refractivity contribution in [1.82, 2.24) is 10.3 Å². The van der Waals surface area contributed by atoms with Gasteiger partial charge in [-0.25, -0.2) is 4.98 Å². The zero-order valence-corrected chi connectivity index (χ0v) is 10.5. The smallest absolute Gasteiger partial charge is 0.208 e. The van der Waals surface area contributed by atoms with Crippen LogP contribution in [0.2, 0.25) is 0 Å². The summed E-state index contributed by atoms with van der Waals surface area (Å²) in [5, 5.41) is 3.55. The predicted octanol–water partition coefficient (Wildman–Crippen LogP) is 2.96. The molecule has 1 aromatic rings. The molecule has 16 heavy (non-hydrogen) atoms. The molecule has 0 bridgehead atoms. The van der Waals surface area contributed by atoms with E-state index in [1.165, 1.54) is 25.7 Å². The lowest BCUT2D eigenvalue weighted by atomic mass is 9.87. The van der Waals surface area contributed by atoms with Gasteiger partial charge in [0, 0.05) is 6.04 Å². The van der Waals surface area contributed by atoms with Crippen LogP contribution < -0.4 is 5.32 Å². The molecule has 3 heteroatoms. The Morgan fingerprint density at radius 1 is 1.38 bits per heavy atom. The van der Waals surface area contributed by atoms with Crippen LogP contribution in [0.5, 0.6) is 0 Å². The van der Waals surface area contributed by atoms with Crippen LogP contribution >= 0.6 is 0 Å². The highest BCUT2D eigenvalue weighted by atomic mass is 16.4. The molecule has 3 nitrogen and oxygen atoms in total. The van der Waals surface area contributed by atoms with Gasteiger partial charge in [0.2, 0.25) is 5.89 Å². The number of hydrogen-bond donors (Lipinski definition) is 1. The largest absolute Gasteiger partial charge is 0.444 e. The zero-order valence-electron chi connectivity index (χ0n) is 10.5. The number of aryl methyl sites for hydroxylation is 2. The second-order valence-electron chi connectivity index (χ2n) is 5.10. The summed E-state index contributed by atoms with van der Waals surface area (Å²) >= 11 is 0. The lowest BCUT2D eigenvalue weighted by Gasteiger charge is -2.27.